The van der Waals surface area contributed by atoms with Gasteiger partial charge in [0.05, 0.1) is 0 Å². The fraction of sp³-hybridized carbons (Fsp3) is 0.133. The average Bonchev–Trinajstić information content (AvgIpc) is 2.37. The highest BCUT2D eigenvalue weighted by molar-refractivity contribution is 5.92. The molecule has 19 heavy (non-hydrogen) atoms. The van der Waals surface area contributed by atoms with Crippen LogP contribution in [0.25, 0.3) is 0 Å². The van der Waals surface area contributed by atoms with Gasteiger partial charge in [0.15, 0.2) is 0 Å². The first kappa shape index (κ1) is 13.0. The summed E-state index contributed by atoms with van der Waals surface area (Å²) >= 11 is 0. The normalized spacial score (nSPS) is 10.2. The first-order valence-corrected chi connectivity index (χ1v) is 5.81. The van der Waals surface area contributed by atoms with Gasteiger partial charge in [-0.15, -0.1) is 0 Å². The molecule has 0 amide bonds. The second-order valence-corrected chi connectivity index (χ2v) is 4.20. The first-order valence-electron chi connectivity index (χ1n) is 5.81. The molecule has 0 aliphatic rings. The number of aryl methyl sites for hydroxylation is 1. The van der Waals surface area contributed by atoms with Crippen LogP contribution in [0.3, 0.4) is 0 Å². The van der Waals surface area contributed by atoms with Crippen LogP contribution in [-0.2, 0) is 11.3 Å². The number of ether oxygens (including phenoxy) is 1. The lowest BCUT2D eigenvalue weighted by Crippen LogP contribution is -2.06. The molecule has 0 unspecified atom stereocenters. The van der Waals surface area contributed by atoms with Crippen molar-refractivity contribution in [2.75, 3.05) is 0 Å². The molecule has 2 aromatic rings. The predicted octanol–water partition coefficient (Wildman–Crippen LogP) is 2.76. The molecule has 0 fully saturated rings. The fourth-order valence-corrected chi connectivity index (χ4v) is 1.69. The molecule has 0 spiro atoms. The zero-order chi connectivity index (χ0) is 13.8. The van der Waals surface area contributed by atoms with E-state index in [-0.39, 0.29) is 23.7 Å². The Bertz CT molecular complexity index is 605. The van der Waals surface area contributed by atoms with Gasteiger partial charge < -0.3 is 14.9 Å². The largest absolute Gasteiger partial charge is 0.508 e. The quantitative estimate of drug-likeness (QED) is 0.831. The van der Waals surface area contributed by atoms with Gasteiger partial charge in [-0.2, -0.15) is 0 Å². The van der Waals surface area contributed by atoms with Crippen molar-refractivity contribution in [2.24, 2.45) is 0 Å². The Kier molecular flexibility index (Phi) is 3.71. The summed E-state index contributed by atoms with van der Waals surface area (Å²) in [6.45, 7) is 2.08. The van der Waals surface area contributed by atoms with Crippen LogP contribution in [0.4, 0.5) is 0 Å². The fourth-order valence-electron chi connectivity index (χ4n) is 1.69. The van der Waals surface area contributed by atoms with Crippen LogP contribution in [0.15, 0.2) is 42.5 Å². The molecular formula is C15H14O4. The minimum Gasteiger partial charge on any atom is -0.508 e. The van der Waals surface area contributed by atoms with Crippen molar-refractivity contribution in [3.63, 3.8) is 0 Å². The number of phenols is 2. The second-order valence-electron chi connectivity index (χ2n) is 4.20. The van der Waals surface area contributed by atoms with Gasteiger partial charge in [-0.25, -0.2) is 4.79 Å². The molecule has 0 saturated carbocycles. The van der Waals surface area contributed by atoms with Gasteiger partial charge in [0.25, 0.3) is 0 Å². The van der Waals surface area contributed by atoms with E-state index in [1.807, 2.05) is 31.2 Å². The molecule has 0 aromatic heterocycles. The Labute approximate surface area is 110 Å². The van der Waals surface area contributed by atoms with Crippen LogP contribution in [0.5, 0.6) is 11.5 Å². The standard InChI is InChI=1S/C15H14O4/c1-10-4-2-3-5-11(10)9-19-15(18)13-7-6-12(16)8-14(13)17/h2-8,16-17H,9H2,1H3. The predicted molar refractivity (Wildman–Crippen MR) is 70.1 cm³/mol. The van der Waals surface area contributed by atoms with Crippen LogP contribution < -0.4 is 0 Å². The third-order valence-electron chi connectivity index (χ3n) is 2.82. The van der Waals surface area contributed by atoms with Crippen molar-refractivity contribution in [3.05, 3.63) is 59.2 Å². The monoisotopic (exact) mass is 258 g/mol. The van der Waals surface area contributed by atoms with Crippen LogP contribution in [0.1, 0.15) is 21.5 Å². The highest BCUT2D eigenvalue weighted by Crippen LogP contribution is 2.23. The highest BCUT2D eigenvalue weighted by atomic mass is 16.5. The lowest BCUT2D eigenvalue weighted by atomic mass is 10.1. The van der Waals surface area contributed by atoms with Gasteiger partial charge in [0.1, 0.15) is 23.7 Å². The van der Waals surface area contributed by atoms with Crippen molar-refractivity contribution >= 4 is 5.97 Å². The highest BCUT2D eigenvalue weighted by Gasteiger charge is 2.13. The molecule has 2 aromatic carbocycles. The third-order valence-corrected chi connectivity index (χ3v) is 2.82. The van der Waals surface area contributed by atoms with Gasteiger partial charge in [0, 0.05) is 6.07 Å². The van der Waals surface area contributed by atoms with E-state index in [4.69, 9.17) is 9.84 Å². The Hall–Kier alpha value is -2.49. The summed E-state index contributed by atoms with van der Waals surface area (Å²) in [4.78, 5) is 11.8. The summed E-state index contributed by atoms with van der Waals surface area (Å²) in [6, 6.07) is 11.3. The zero-order valence-corrected chi connectivity index (χ0v) is 10.5. The van der Waals surface area contributed by atoms with Crippen LogP contribution in [-0.4, -0.2) is 16.2 Å². The molecule has 2 N–H and O–H groups in total. The van der Waals surface area contributed by atoms with Crippen molar-refractivity contribution in [2.45, 2.75) is 13.5 Å². The third kappa shape index (κ3) is 3.04. The SMILES string of the molecule is Cc1ccccc1COC(=O)c1ccc(O)cc1O. The van der Waals surface area contributed by atoms with E-state index in [9.17, 15) is 9.90 Å². The molecule has 0 aliphatic carbocycles. The number of hydrogen-bond acceptors (Lipinski definition) is 4. The molecule has 0 atom stereocenters. The summed E-state index contributed by atoms with van der Waals surface area (Å²) in [6.07, 6.45) is 0. The lowest BCUT2D eigenvalue weighted by Gasteiger charge is -2.08. The van der Waals surface area contributed by atoms with Crippen molar-refractivity contribution in [3.8, 4) is 11.5 Å². The number of hydrogen-bond donors (Lipinski definition) is 2. The molecule has 0 heterocycles. The molecule has 0 saturated heterocycles. The Morgan fingerprint density at radius 2 is 1.89 bits per heavy atom. The molecule has 2 rings (SSSR count). The van der Waals surface area contributed by atoms with Gasteiger partial charge in [-0.05, 0) is 30.2 Å². The molecular weight excluding hydrogens is 244 g/mol. The molecule has 4 heteroatoms. The molecule has 0 bridgehead atoms. The Morgan fingerprint density at radius 1 is 1.16 bits per heavy atom. The molecule has 0 aliphatic heterocycles. The van der Waals surface area contributed by atoms with Gasteiger partial charge in [-0.3, -0.25) is 0 Å². The topological polar surface area (TPSA) is 66.8 Å². The summed E-state index contributed by atoms with van der Waals surface area (Å²) in [5, 5.41) is 18.7. The smallest absolute Gasteiger partial charge is 0.342 e. The van der Waals surface area contributed by atoms with E-state index in [0.29, 0.717) is 0 Å². The minimum absolute atomic E-state index is 0.0337. The minimum atomic E-state index is -0.624. The summed E-state index contributed by atoms with van der Waals surface area (Å²) in [5.74, 6) is -1.02. The molecule has 4 nitrogen and oxygen atoms in total. The van der Waals surface area contributed by atoms with Crippen LogP contribution >= 0.6 is 0 Å². The Balaban J connectivity index is 2.08. The first-order chi connectivity index (χ1) is 9.08. The number of carbonyl (C=O) groups is 1. The molecule has 98 valence electrons. The van der Waals surface area contributed by atoms with E-state index in [2.05, 4.69) is 0 Å². The maximum atomic E-state index is 11.8. The number of rotatable bonds is 3. The van der Waals surface area contributed by atoms with Crippen molar-refractivity contribution < 1.29 is 19.7 Å². The average molecular weight is 258 g/mol. The molecule has 0 radical (unpaired) electrons. The van der Waals surface area contributed by atoms with E-state index in [0.717, 1.165) is 17.2 Å². The lowest BCUT2D eigenvalue weighted by molar-refractivity contribution is 0.0469. The van der Waals surface area contributed by atoms with Crippen molar-refractivity contribution in [1.82, 2.24) is 0 Å². The zero-order valence-electron chi connectivity index (χ0n) is 10.5. The number of carbonyl (C=O) groups excluding carboxylic acids is 1. The summed E-state index contributed by atoms with van der Waals surface area (Å²) in [7, 11) is 0. The van der Waals surface area contributed by atoms with E-state index >= 15 is 0 Å². The summed E-state index contributed by atoms with van der Waals surface area (Å²) < 4.78 is 5.14. The number of phenolic OH excluding ortho intramolecular Hbond substituents is 2. The maximum Gasteiger partial charge on any atom is 0.342 e. The summed E-state index contributed by atoms with van der Waals surface area (Å²) in [5.41, 5.74) is 1.98. The maximum absolute atomic E-state index is 11.8. The number of benzene rings is 2. The van der Waals surface area contributed by atoms with Gasteiger partial charge in [0.2, 0.25) is 0 Å². The number of aromatic hydroxyl groups is 2. The van der Waals surface area contributed by atoms with Crippen LogP contribution in [0, 0.1) is 6.92 Å². The number of esters is 1. The van der Waals surface area contributed by atoms with Gasteiger partial charge in [-0.1, -0.05) is 24.3 Å². The second kappa shape index (κ2) is 5.44. The van der Waals surface area contributed by atoms with Crippen LogP contribution in [0.2, 0.25) is 0 Å². The van der Waals surface area contributed by atoms with Crippen molar-refractivity contribution in [1.29, 1.82) is 0 Å². The van der Waals surface area contributed by atoms with E-state index in [1.54, 1.807) is 0 Å². The van der Waals surface area contributed by atoms with E-state index < -0.39 is 5.97 Å². The van der Waals surface area contributed by atoms with Gasteiger partial charge >= 0.3 is 5.97 Å². The Morgan fingerprint density at radius 3 is 2.58 bits per heavy atom. The van der Waals surface area contributed by atoms with E-state index in [1.165, 1.54) is 12.1 Å².